The van der Waals surface area contributed by atoms with Crippen LogP contribution in [0.15, 0.2) is 61.3 Å². The minimum Gasteiger partial charge on any atom is -0.490 e. The van der Waals surface area contributed by atoms with Crippen LogP contribution in [0.5, 0.6) is 5.75 Å². The Balaban J connectivity index is 1.52. The van der Waals surface area contributed by atoms with Gasteiger partial charge >= 0.3 is 0 Å². The van der Waals surface area contributed by atoms with Gasteiger partial charge in [-0.05, 0) is 18.2 Å². The van der Waals surface area contributed by atoms with Crippen molar-refractivity contribution in [1.29, 1.82) is 0 Å². The van der Waals surface area contributed by atoms with Gasteiger partial charge in [0.2, 0.25) is 5.95 Å². The largest absolute Gasteiger partial charge is 0.490 e. The lowest BCUT2D eigenvalue weighted by atomic mass is 10.00. The van der Waals surface area contributed by atoms with E-state index in [1.807, 2.05) is 39.5 Å². The molecule has 0 unspecified atom stereocenters. The molecule has 0 radical (unpaired) electrons. The molecule has 0 N–H and O–H groups in total. The van der Waals surface area contributed by atoms with Crippen molar-refractivity contribution in [1.82, 2.24) is 29.1 Å². The molecule has 0 spiro atoms. The Labute approximate surface area is 164 Å². The lowest BCUT2D eigenvalue weighted by molar-refractivity contribution is 0.245. The summed E-state index contributed by atoms with van der Waals surface area (Å²) >= 11 is 0. The maximum atomic E-state index is 14.2. The highest BCUT2D eigenvalue weighted by Crippen LogP contribution is 2.37. The second-order valence-electron chi connectivity index (χ2n) is 6.95. The SMILES string of the molecule is Fc1cccc2c1OCC[C@H]2n1cnc2cnc(-n3cnc4ccccc43)nc21. The summed E-state index contributed by atoms with van der Waals surface area (Å²) in [4.78, 5) is 18.1. The van der Waals surface area contributed by atoms with Crippen LogP contribution < -0.4 is 4.74 Å². The molecule has 0 fully saturated rings. The van der Waals surface area contributed by atoms with Gasteiger partial charge in [-0.15, -0.1) is 0 Å². The first-order valence-corrected chi connectivity index (χ1v) is 9.33. The molecule has 0 bridgehead atoms. The molecule has 3 aromatic heterocycles. The van der Waals surface area contributed by atoms with E-state index in [2.05, 4.69) is 15.0 Å². The second kappa shape index (κ2) is 6.10. The number of aromatic nitrogens is 6. The number of benzene rings is 2. The van der Waals surface area contributed by atoms with E-state index in [9.17, 15) is 4.39 Å². The molecule has 1 aliphatic heterocycles. The molecule has 1 atom stereocenters. The Morgan fingerprint density at radius 3 is 2.83 bits per heavy atom. The van der Waals surface area contributed by atoms with Crippen LogP contribution in [0.2, 0.25) is 0 Å². The van der Waals surface area contributed by atoms with E-state index in [0.29, 0.717) is 35.9 Å². The average molecular weight is 386 g/mol. The second-order valence-corrected chi connectivity index (χ2v) is 6.95. The minimum atomic E-state index is -0.350. The average Bonchev–Trinajstić information content (AvgIpc) is 3.37. The molecule has 0 saturated carbocycles. The third-order valence-electron chi connectivity index (χ3n) is 5.30. The van der Waals surface area contributed by atoms with Crippen LogP contribution in [0.1, 0.15) is 18.0 Å². The number of nitrogens with zero attached hydrogens (tertiary/aromatic N) is 6. The number of imidazole rings is 2. The van der Waals surface area contributed by atoms with Crippen molar-refractivity contribution in [3.63, 3.8) is 0 Å². The van der Waals surface area contributed by atoms with Crippen LogP contribution in [0.3, 0.4) is 0 Å². The van der Waals surface area contributed by atoms with Gasteiger partial charge < -0.3 is 9.30 Å². The van der Waals surface area contributed by atoms with Crippen molar-refractivity contribution in [2.24, 2.45) is 0 Å². The van der Waals surface area contributed by atoms with Crippen molar-refractivity contribution in [3.05, 3.63) is 72.7 Å². The van der Waals surface area contributed by atoms with Crippen molar-refractivity contribution in [2.45, 2.75) is 12.5 Å². The Morgan fingerprint density at radius 1 is 0.966 bits per heavy atom. The van der Waals surface area contributed by atoms with E-state index in [-0.39, 0.29) is 11.9 Å². The van der Waals surface area contributed by atoms with Crippen molar-refractivity contribution in [3.8, 4) is 11.7 Å². The van der Waals surface area contributed by atoms with Gasteiger partial charge in [-0.3, -0.25) is 4.57 Å². The maximum Gasteiger partial charge on any atom is 0.237 e. The van der Waals surface area contributed by atoms with E-state index >= 15 is 0 Å². The van der Waals surface area contributed by atoms with Crippen LogP contribution in [0.25, 0.3) is 28.1 Å². The van der Waals surface area contributed by atoms with E-state index in [1.165, 1.54) is 6.07 Å². The van der Waals surface area contributed by atoms with E-state index in [1.54, 1.807) is 24.9 Å². The number of rotatable bonds is 2. The Bertz CT molecular complexity index is 1370. The van der Waals surface area contributed by atoms with Crippen molar-refractivity contribution >= 4 is 22.2 Å². The molecule has 29 heavy (non-hydrogen) atoms. The van der Waals surface area contributed by atoms with Crippen LogP contribution in [0.4, 0.5) is 4.39 Å². The summed E-state index contributed by atoms with van der Waals surface area (Å²) in [5, 5.41) is 0. The summed E-state index contributed by atoms with van der Waals surface area (Å²) in [5.74, 6) is 0.469. The molecular formula is C21H15FN6O. The quantitative estimate of drug-likeness (QED) is 0.463. The summed E-state index contributed by atoms with van der Waals surface area (Å²) < 4.78 is 23.6. The third-order valence-corrected chi connectivity index (χ3v) is 5.30. The Kier molecular flexibility index (Phi) is 3.40. The summed E-state index contributed by atoms with van der Waals surface area (Å²) in [5.41, 5.74) is 3.97. The molecule has 142 valence electrons. The minimum absolute atomic E-state index is 0.110. The molecule has 4 heterocycles. The summed E-state index contributed by atoms with van der Waals surface area (Å²) in [6.07, 6.45) is 5.86. The van der Waals surface area contributed by atoms with Crippen molar-refractivity contribution in [2.75, 3.05) is 6.61 Å². The van der Waals surface area contributed by atoms with Crippen molar-refractivity contribution < 1.29 is 9.13 Å². The monoisotopic (exact) mass is 386 g/mol. The number of fused-ring (bicyclic) bond motifs is 3. The van der Waals surface area contributed by atoms with Gasteiger partial charge in [0.1, 0.15) is 11.8 Å². The van der Waals surface area contributed by atoms with Crippen LogP contribution >= 0.6 is 0 Å². The molecule has 6 rings (SSSR count). The highest BCUT2D eigenvalue weighted by molar-refractivity contribution is 5.77. The normalized spacial score (nSPS) is 16.1. The fourth-order valence-electron chi connectivity index (χ4n) is 3.94. The van der Waals surface area contributed by atoms with Gasteiger partial charge in [0.15, 0.2) is 17.2 Å². The Hall–Kier alpha value is -3.81. The summed E-state index contributed by atoms with van der Waals surface area (Å²) in [6, 6.07) is 12.7. The molecule has 0 amide bonds. The zero-order valence-corrected chi connectivity index (χ0v) is 15.2. The smallest absolute Gasteiger partial charge is 0.237 e. The standard InChI is InChI=1S/C21H15FN6O/c22-14-5-3-4-13-17(8-9-29-19(13)14)27-11-25-16-10-23-21(26-20(16)27)28-12-24-15-6-1-2-7-18(15)28/h1-7,10-12,17H,8-9H2/t17-/m1/s1. The van der Waals surface area contributed by atoms with E-state index in [0.717, 1.165) is 16.6 Å². The first-order chi connectivity index (χ1) is 14.3. The molecule has 5 aromatic rings. The van der Waals surface area contributed by atoms with E-state index in [4.69, 9.17) is 9.72 Å². The zero-order valence-electron chi connectivity index (χ0n) is 15.2. The highest BCUT2D eigenvalue weighted by Gasteiger charge is 2.27. The first-order valence-electron chi connectivity index (χ1n) is 9.33. The predicted molar refractivity (Wildman–Crippen MR) is 105 cm³/mol. The first kappa shape index (κ1) is 16.2. The van der Waals surface area contributed by atoms with Gasteiger partial charge in [-0.25, -0.2) is 19.3 Å². The third kappa shape index (κ3) is 2.42. The Morgan fingerprint density at radius 2 is 1.86 bits per heavy atom. The topological polar surface area (TPSA) is 70.7 Å². The number of hydrogen-bond donors (Lipinski definition) is 0. The predicted octanol–water partition coefficient (Wildman–Crippen LogP) is 3.68. The zero-order chi connectivity index (χ0) is 19.4. The van der Waals surface area contributed by atoms with Crippen LogP contribution in [-0.2, 0) is 0 Å². The number of hydrogen-bond acceptors (Lipinski definition) is 5. The van der Waals surface area contributed by atoms with E-state index < -0.39 is 0 Å². The lowest BCUT2D eigenvalue weighted by Crippen LogP contribution is -2.21. The van der Waals surface area contributed by atoms with Gasteiger partial charge in [0.05, 0.1) is 36.2 Å². The maximum absolute atomic E-state index is 14.2. The molecule has 8 heteroatoms. The summed E-state index contributed by atoms with van der Waals surface area (Å²) in [6.45, 7) is 0.433. The molecule has 1 aliphatic rings. The lowest BCUT2D eigenvalue weighted by Gasteiger charge is -2.27. The van der Waals surface area contributed by atoms with Crippen LogP contribution in [-0.4, -0.2) is 35.7 Å². The molecule has 0 aliphatic carbocycles. The van der Waals surface area contributed by atoms with Gasteiger partial charge in [-0.1, -0.05) is 24.3 Å². The summed E-state index contributed by atoms with van der Waals surface area (Å²) in [7, 11) is 0. The van der Waals surface area contributed by atoms with Gasteiger partial charge in [0, 0.05) is 12.0 Å². The molecule has 0 saturated heterocycles. The van der Waals surface area contributed by atoms with Gasteiger partial charge in [-0.2, -0.15) is 4.98 Å². The van der Waals surface area contributed by atoms with Crippen LogP contribution in [0, 0.1) is 5.82 Å². The number of ether oxygens (including phenoxy) is 1. The van der Waals surface area contributed by atoms with Gasteiger partial charge in [0.25, 0.3) is 0 Å². The fraction of sp³-hybridized carbons (Fsp3) is 0.143. The number of para-hydroxylation sites is 3. The molecule has 7 nitrogen and oxygen atoms in total. The number of halogens is 1. The molecular weight excluding hydrogens is 371 g/mol. The fourth-order valence-corrected chi connectivity index (χ4v) is 3.94. The highest BCUT2D eigenvalue weighted by atomic mass is 19.1. The molecule has 2 aromatic carbocycles.